The molecular formula is C5H10NO2P. The fraction of sp³-hybridized carbons (Fsp3) is 0.800. The van der Waals surface area contributed by atoms with Crippen LogP contribution in [0.5, 0.6) is 0 Å². The molecule has 52 valence electrons. The van der Waals surface area contributed by atoms with Gasteiger partial charge >= 0.3 is 5.97 Å². The van der Waals surface area contributed by atoms with Gasteiger partial charge in [-0.25, -0.2) is 0 Å². The van der Waals surface area contributed by atoms with Crippen molar-refractivity contribution >= 4 is 15.0 Å². The fourth-order valence-corrected chi connectivity index (χ4v) is 0.563. The van der Waals surface area contributed by atoms with Crippen LogP contribution in [0.15, 0.2) is 4.74 Å². The highest BCUT2D eigenvalue weighted by Crippen LogP contribution is 1.92. The molecule has 0 aromatic carbocycles. The van der Waals surface area contributed by atoms with Gasteiger partial charge in [0.05, 0.1) is 7.11 Å². The molecule has 0 unspecified atom stereocenters. The third-order valence-electron chi connectivity index (χ3n) is 0.878. The lowest BCUT2D eigenvalue weighted by atomic mass is 10.3. The molecule has 0 saturated carbocycles. The van der Waals surface area contributed by atoms with E-state index in [1.54, 1.807) is 0 Å². The summed E-state index contributed by atoms with van der Waals surface area (Å²) < 4.78 is 8.04. The Morgan fingerprint density at radius 2 is 2.44 bits per heavy atom. The van der Waals surface area contributed by atoms with E-state index in [-0.39, 0.29) is 5.97 Å². The molecule has 0 radical (unpaired) electrons. The molecule has 4 heteroatoms. The second-order valence-corrected chi connectivity index (χ2v) is 1.88. The zero-order chi connectivity index (χ0) is 7.11. The summed E-state index contributed by atoms with van der Waals surface area (Å²) in [4.78, 5) is 10.4. The molecule has 0 saturated heterocycles. The first kappa shape index (κ1) is 8.57. The maximum atomic E-state index is 10.4. The lowest BCUT2D eigenvalue weighted by Crippen LogP contribution is -1.99. The lowest BCUT2D eigenvalue weighted by Gasteiger charge is -1.94. The number of carbonyl (C=O) groups excluding carboxylic acids is 1. The Bertz CT molecular complexity index is 105. The van der Waals surface area contributed by atoms with E-state index in [1.807, 2.05) is 0 Å². The average Bonchev–Trinajstić information content (AvgIpc) is 1.89. The minimum Gasteiger partial charge on any atom is -0.469 e. The zero-order valence-corrected chi connectivity index (χ0v) is 6.39. The van der Waals surface area contributed by atoms with Crippen molar-refractivity contribution in [2.24, 2.45) is 4.74 Å². The van der Waals surface area contributed by atoms with Gasteiger partial charge in [-0.05, 0) is 15.5 Å². The van der Waals surface area contributed by atoms with Crippen LogP contribution in [-0.4, -0.2) is 19.6 Å². The predicted molar refractivity (Wildman–Crippen MR) is 36.9 cm³/mol. The van der Waals surface area contributed by atoms with E-state index in [0.29, 0.717) is 13.0 Å². The quantitative estimate of drug-likeness (QED) is 0.341. The van der Waals surface area contributed by atoms with Crippen molar-refractivity contribution in [1.82, 2.24) is 0 Å². The van der Waals surface area contributed by atoms with Gasteiger partial charge in [-0.15, -0.1) is 0 Å². The largest absolute Gasteiger partial charge is 0.469 e. The monoisotopic (exact) mass is 147 g/mol. The van der Waals surface area contributed by atoms with E-state index >= 15 is 0 Å². The van der Waals surface area contributed by atoms with Crippen molar-refractivity contribution in [1.29, 1.82) is 0 Å². The van der Waals surface area contributed by atoms with Crippen molar-refractivity contribution in [2.75, 3.05) is 13.7 Å². The van der Waals surface area contributed by atoms with Crippen molar-refractivity contribution < 1.29 is 9.53 Å². The van der Waals surface area contributed by atoms with Crippen LogP contribution >= 0.6 is 9.03 Å². The van der Waals surface area contributed by atoms with Crippen molar-refractivity contribution in [3.05, 3.63) is 0 Å². The Hall–Kier alpha value is -0.430. The van der Waals surface area contributed by atoms with Gasteiger partial charge in [0, 0.05) is 13.0 Å². The van der Waals surface area contributed by atoms with Crippen LogP contribution in [0.1, 0.15) is 12.8 Å². The Morgan fingerprint density at radius 1 is 1.78 bits per heavy atom. The molecule has 0 bridgehead atoms. The fourth-order valence-electron chi connectivity index (χ4n) is 0.405. The number of nitrogens with zero attached hydrogens (tertiary/aromatic N) is 1. The van der Waals surface area contributed by atoms with E-state index in [1.165, 1.54) is 7.11 Å². The summed E-state index contributed by atoms with van der Waals surface area (Å²) in [5, 5.41) is 0. The van der Waals surface area contributed by atoms with Crippen molar-refractivity contribution in [3.8, 4) is 0 Å². The number of hydrogen-bond donors (Lipinski definition) is 0. The van der Waals surface area contributed by atoms with Gasteiger partial charge in [0.1, 0.15) is 0 Å². The molecule has 9 heavy (non-hydrogen) atoms. The molecular weight excluding hydrogens is 137 g/mol. The molecule has 0 amide bonds. The first-order chi connectivity index (χ1) is 4.31. The van der Waals surface area contributed by atoms with Gasteiger partial charge in [0.25, 0.3) is 0 Å². The molecule has 0 aromatic rings. The van der Waals surface area contributed by atoms with Crippen LogP contribution in [0, 0.1) is 0 Å². The molecule has 0 aliphatic carbocycles. The van der Waals surface area contributed by atoms with Gasteiger partial charge in [0.15, 0.2) is 0 Å². The number of hydrogen-bond acceptors (Lipinski definition) is 3. The minimum atomic E-state index is -0.176. The van der Waals surface area contributed by atoms with Crippen LogP contribution in [-0.2, 0) is 9.53 Å². The van der Waals surface area contributed by atoms with Crippen molar-refractivity contribution in [3.63, 3.8) is 0 Å². The highest BCUT2D eigenvalue weighted by molar-refractivity contribution is 7.03. The Balaban J connectivity index is 3.06. The molecule has 0 aromatic heterocycles. The Morgan fingerprint density at radius 3 is 2.89 bits per heavy atom. The van der Waals surface area contributed by atoms with E-state index in [4.69, 9.17) is 0 Å². The average molecular weight is 147 g/mol. The van der Waals surface area contributed by atoms with E-state index in [0.717, 1.165) is 6.42 Å². The van der Waals surface area contributed by atoms with Gasteiger partial charge in [-0.1, -0.05) is 0 Å². The molecule has 0 N–H and O–H groups in total. The number of rotatable bonds is 4. The van der Waals surface area contributed by atoms with Gasteiger partial charge in [0.2, 0.25) is 0 Å². The van der Waals surface area contributed by atoms with E-state index < -0.39 is 0 Å². The second-order valence-electron chi connectivity index (χ2n) is 1.56. The summed E-state index contributed by atoms with van der Waals surface area (Å²) in [6, 6.07) is 0. The normalized spacial score (nSPS) is 8.56. The van der Waals surface area contributed by atoms with E-state index in [9.17, 15) is 4.79 Å². The number of esters is 1. The Labute approximate surface area is 56.7 Å². The topological polar surface area (TPSA) is 38.7 Å². The molecule has 3 nitrogen and oxygen atoms in total. The summed E-state index contributed by atoms with van der Waals surface area (Å²) in [5.41, 5.74) is 0. The van der Waals surface area contributed by atoms with Gasteiger partial charge in [-0.2, -0.15) is 0 Å². The molecule has 0 fully saturated rings. The van der Waals surface area contributed by atoms with Crippen LogP contribution in [0.25, 0.3) is 0 Å². The zero-order valence-electron chi connectivity index (χ0n) is 5.39. The number of methoxy groups -OCH3 is 1. The van der Waals surface area contributed by atoms with Crippen LogP contribution in [0.2, 0.25) is 0 Å². The standard InChI is InChI=1S/C5H10NO2P/c1-8-5(7)3-2-4-6-9/h9H,2-4H2,1H3. The van der Waals surface area contributed by atoms with Crippen LogP contribution in [0.4, 0.5) is 0 Å². The first-order valence-corrected chi connectivity index (χ1v) is 3.16. The number of ether oxygens (including phenoxy) is 1. The third kappa shape index (κ3) is 5.44. The highest BCUT2D eigenvalue weighted by atomic mass is 31.0. The lowest BCUT2D eigenvalue weighted by molar-refractivity contribution is -0.140. The predicted octanol–water partition coefficient (Wildman–Crippen LogP) is 1.27. The molecule has 0 rings (SSSR count). The first-order valence-electron chi connectivity index (χ1n) is 2.71. The summed E-state index contributed by atoms with van der Waals surface area (Å²) in [7, 11) is 4.32. The van der Waals surface area contributed by atoms with Crippen LogP contribution in [0.3, 0.4) is 0 Å². The summed E-state index contributed by atoms with van der Waals surface area (Å²) in [5.74, 6) is -0.176. The van der Waals surface area contributed by atoms with Crippen LogP contribution < -0.4 is 0 Å². The maximum Gasteiger partial charge on any atom is 0.305 e. The SMILES string of the molecule is COC(=O)CCCN=P. The smallest absolute Gasteiger partial charge is 0.305 e. The number of carbonyl (C=O) groups is 1. The summed E-state index contributed by atoms with van der Waals surface area (Å²) in [6.45, 7) is 0.659. The molecule has 0 aliphatic heterocycles. The summed E-state index contributed by atoms with van der Waals surface area (Å²) in [6.07, 6.45) is 1.20. The highest BCUT2D eigenvalue weighted by Gasteiger charge is 1.96. The van der Waals surface area contributed by atoms with E-state index in [2.05, 4.69) is 18.5 Å². The maximum absolute atomic E-state index is 10.4. The molecule has 0 spiro atoms. The van der Waals surface area contributed by atoms with Crippen molar-refractivity contribution in [2.45, 2.75) is 12.8 Å². The molecule has 0 aliphatic rings. The molecule has 0 heterocycles. The second kappa shape index (κ2) is 5.70. The third-order valence-corrected chi connectivity index (χ3v) is 1.10. The Kier molecular flexibility index (Phi) is 5.43. The molecule has 0 atom stereocenters. The van der Waals surface area contributed by atoms with Gasteiger partial charge in [-0.3, -0.25) is 9.54 Å². The summed E-state index contributed by atoms with van der Waals surface area (Å²) >= 11 is 0. The minimum absolute atomic E-state index is 0.176. The van der Waals surface area contributed by atoms with Gasteiger partial charge < -0.3 is 4.74 Å².